The molecule has 1 N–H and O–H groups in total. The first kappa shape index (κ1) is 13.6. The van der Waals surface area contributed by atoms with Crippen LogP contribution in [-0.4, -0.2) is 28.4 Å². The predicted molar refractivity (Wildman–Crippen MR) is 80.9 cm³/mol. The van der Waals surface area contributed by atoms with Crippen LogP contribution in [0.4, 0.5) is 0 Å². The lowest BCUT2D eigenvalue weighted by atomic mass is 9.81. The minimum absolute atomic E-state index is 0.0266. The summed E-state index contributed by atoms with van der Waals surface area (Å²) in [6.45, 7) is 1.30. The van der Waals surface area contributed by atoms with Crippen LogP contribution in [0.5, 0.6) is 0 Å². The number of aliphatic carboxylic acids is 1. The van der Waals surface area contributed by atoms with Crippen molar-refractivity contribution in [1.82, 2.24) is 4.90 Å². The number of benzene rings is 1. The molecule has 4 heteroatoms. The molecule has 22 heavy (non-hydrogen) atoms. The van der Waals surface area contributed by atoms with Crippen molar-refractivity contribution in [3.63, 3.8) is 0 Å². The zero-order valence-electron chi connectivity index (χ0n) is 12.3. The minimum Gasteiger partial charge on any atom is -0.481 e. The number of carbonyl (C=O) groups excluding carboxylic acids is 1. The summed E-state index contributed by atoms with van der Waals surface area (Å²) >= 11 is 0. The Morgan fingerprint density at radius 3 is 2.45 bits per heavy atom. The highest BCUT2D eigenvalue weighted by molar-refractivity contribution is 5.87. The fourth-order valence-corrected chi connectivity index (χ4v) is 4.39. The molecule has 1 aliphatic heterocycles. The Bertz CT molecular complexity index is 666. The van der Waals surface area contributed by atoms with Gasteiger partial charge in [-0.3, -0.25) is 9.59 Å². The molecule has 1 heterocycles. The highest BCUT2D eigenvalue weighted by Crippen LogP contribution is 2.49. The monoisotopic (exact) mass is 297 g/mol. The van der Waals surface area contributed by atoms with Gasteiger partial charge in [-0.25, -0.2) is 0 Å². The number of hydrogen-bond donors (Lipinski definition) is 1. The van der Waals surface area contributed by atoms with Gasteiger partial charge in [-0.15, -0.1) is 0 Å². The molecule has 2 aliphatic carbocycles. The third-order valence-electron chi connectivity index (χ3n) is 5.47. The third kappa shape index (κ3) is 1.97. The molecule has 4 atom stereocenters. The van der Waals surface area contributed by atoms with Gasteiger partial charge in [-0.2, -0.15) is 0 Å². The van der Waals surface area contributed by atoms with E-state index in [1.807, 2.05) is 29.2 Å². The van der Waals surface area contributed by atoms with Crippen molar-refractivity contribution in [3.8, 4) is 0 Å². The van der Waals surface area contributed by atoms with Crippen molar-refractivity contribution in [3.05, 3.63) is 47.5 Å². The lowest BCUT2D eigenvalue weighted by Gasteiger charge is -2.34. The fraction of sp³-hybridized carbons (Fsp3) is 0.444. The molecule has 0 aromatic heterocycles. The Labute approximate surface area is 129 Å². The first-order chi connectivity index (χ1) is 10.6. The maximum absolute atomic E-state index is 12.9. The van der Waals surface area contributed by atoms with Gasteiger partial charge in [0.25, 0.3) is 0 Å². The quantitative estimate of drug-likeness (QED) is 0.850. The largest absolute Gasteiger partial charge is 0.481 e. The number of allylic oxidation sites excluding steroid dienone is 2. The topological polar surface area (TPSA) is 57.6 Å². The molecule has 1 aromatic rings. The molecule has 4 nitrogen and oxygen atoms in total. The molecule has 1 amide bonds. The van der Waals surface area contributed by atoms with E-state index in [9.17, 15) is 14.7 Å². The second-order valence-electron chi connectivity index (χ2n) is 6.62. The molecule has 0 unspecified atom stereocenters. The Kier molecular flexibility index (Phi) is 3.06. The van der Waals surface area contributed by atoms with Crippen LogP contribution in [-0.2, 0) is 22.6 Å². The number of nitrogens with zero attached hydrogens (tertiary/aromatic N) is 1. The third-order valence-corrected chi connectivity index (χ3v) is 5.47. The van der Waals surface area contributed by atoms with Crippen LogP contribution >= 0.6 is 0 Å². The van der Waals surface area contributed by atoms with Crippen molar-refractivity contribution < 1.29 is 14.7 Å². The van der Waals surface area contributed by atoms with E-state index in [0.717, 1.165) is 12.8 Å². The lowest BCUT2D eigenvalue weighted by Crippen LogP contribution is -2.44. The van der Waals surface area contributed by atoms with Gasteiger partial charge in [0.2, 0.25) is 5.91 Å². The van der Waals surface area contributed by atoms with Crippen LogP contribution in [0.1, 0.15) is 17.5 Å². The Hall–Kier alpha value is -2.10. The SMILES string of the molecule is O=C(O)[C@@H]1[C@@H](C(=O)N2CCc3ccccc3C2)[C@H]2C=C[C@H]1C2. The average Bonchev–Trinajstić information content (AvgIpc) is 3.14. The summed E-state index contributed by atoms with van der Waals surface area (Å²) in [5.41, 5.74) is 2.49. The zero-order chi connectivity index (χ0) is 15.3. The van der Waals surface area contributed by atoms with Gasteiger partial charge in [0.15, 0.2) is 0 Å². The summed E-state index contributed by atoms with van der Waals surface area (Å²) in [6.07, 6.45) is 5.71. The van der Waals surface area contributed by atoms with E-state index in [-0.39, 0.29) is 23.7 Å². The Balaban J connectivity index is 1.58. The van der Waals surface area contributed by atoms with Gasteiger partial charge in [0.1, 0.15) is 0 Å². The molecule has 114 valence electrons. The van der Waals surface area contributed by atoms with Gasteiger partial charge in [0.05, 0.1) is 11.8 Å². The van der Waals surface area contributed by atoms with Crippen molar-refractivity contribution in [2.75, 3.05) is 6.54 Å². The number of rotatable bonds is 2. The zero-order valence-corrected chi connectivity index (χ0v) is 12.3. The van der Waals surface area contributed by atoms with Crippen molar-refractivity contribution in [2.24, 2.45) is 23.7 Å². The van der Waals surface area contributed by atoms with E-state index in [2.05, 4.69) is 12.1 Å². The van der Waals surface area contributed by atoms with Crippen LogP contribution in [0.25, 0.3) is 0 Å². The van der Waals surface area contributed by atoms with Crippen LogP contribution in [0.2, 0.25) is 0 Å². The van der Waals surface area contributed by atoms with Crippen LogP contribution in [0, 0.1) is 23.7 Å². The first-order valence-corrected chi connectivity index (χ1v) is 7.92. The summed E-state index contributed by atoms with van der Waals surface area (Å²) < 4.78 is 0. The maximum Gasteiger partial charge on any atom is 0.307 e. The number of carboxylic acids is 1. The van der Waals surface area contributed by atoms with Gasteiger partial charge >= 0.3 is 5.97 Å². The normalized spacial score (nSPS) is 32.1. The second-order valence-corrected chi connectivity index (χ2v) is 6.62. The number of fused-ring (bicyclic) bond motifs is 3. The number of carboxylic acid groups (broad SMARTS) is 1. The molecule has 4 rings (SSSR count). The van der Waals surface area contributed by atoms with Crippen LogP contribution < -0.4 is 0 Å². The summed E-state index contributed by atoms with van der Waals surface area (Å²) in [4.78, 5) is 26.4. The standard InChI is InChI=1S/C18H19NO3/c20-17(15-12-5-6-13(9-12)16(15)18(21)22)19-8-7-11-3-1-2-4-14(11)10-19/h1-6,12-13,15-16H,7-10H2,(H,21,22)/t12-,13-,15-,16-/m0/s1. The molecule has 0 radical (unpaired) electrons. The van der Waals surface area contributed by atoms with E-state index < -0.39 is 11.9 Å². The fourth-order valence-electron chi connectivity index (χ4n) is 4.39. The van der Waals surface area contributed by atoms with E-state index in [1.54, 1.807) is 0 Å². The molecule has 0 saturated heterocycles. The highest BCUT2D eigenvalue weighted by Gasteiger charge is 2.52. The van der Waals surface area contributed by atoms with E-state index in [1.165, 1.54) is 11.1 Å². The van der Waals surface area contributed by atoms with Gasteiger partial charge < -0.3 is 10.0 Å². The summed E-state index contributed by atoms with van der Waals surface area (Å²) in [6, 6.07) is 8.19. The summed E-state index contributed by atoms with van der Waals surface area (Å²) in [5, 5.41) is 9.51. The van der Waals surface area contributed by atoms with Crippen molar-refractivity contribution >= 4 is 11.9 Å². The molecular formula is C18H19NO3. The van der Waals surface area contributed by atoms with Crippen LogP contribution in [0.15, 0.2) is 36.4 Å². The molecule has 1 saturated carbocycles. The second kappa shape index (κ2) is 4.97. The number of hydrogen-bond acceptors (Lipinski definition) is 2. The highest BCUT2D eigenvalue weighted by atomic mass is 16.4. The van der Waals surface area contributed by atoms with E-state index >= 15 is 0 Å². The van der Waals surface area contributed by atoms with E-state index in [4.69, 9.17) is 0 Å². The van der Waals surface area contributed by atoms with Crippen LogP contribution in [0.3, 0.4) is 0 Å². The smallest absolute Gasteiger partial charge is 0.307 e. The summed E-state index contributed by atoms with van der Waals surface area (Å²) in [5.74, 6) is -1.58. The predicted octanol–water partition coefficient (Wildman–Crippen LogP) is 2.09. The summed E-state index contributed by atoms with van der Waals surface area (Å²) in [7, 11) is 0. The lowest BCUT2D eigenvalue weighted by molar-refractivity contribution is -0.151. The Morgan fingerprint density at radius 1 is 1.05 bits per heavy atom. The number of amides is 1. The first-order valence-electron chi connectivity index (χ1n) is 7.92. The number of carbonyl (C=O) groups is 2. The minimum atomic E-state index is -0.826. The maximum atomic E-state index is 12.9. The molecule has 3 aliphatic rings. The van der Waals surface area contributed by atoms with E-state index in [0.29, 0.717) is 13.1 Å². The average molecular weight is 297 g/mol. The Morgan fingerprint density at radius 2 is 1.73 bits per heavy atom. The molecule has 1 aromatic carbocycles. The van der Waals surface area contributed by atoms with Gasteiger partial charge in [-0.05, 0) is 35.8 Å². The molecule has 0 spiro atoms. The van der Waals surface area contributed by atoms with Crippen molar-refractivity contribution in [1.29, 1.82) is 0 Å². The molecule has 2 bridgehead atoms. The van der Waals surface area contributed by atoms with Crippen molar-refractivity contribution in [2.45, 2.75) is 19.4 Å². The molecular weight excluding hydrogens is 278 g/mol. The van der Waals surface area contributed by atoms with Gasteiger partial charge in [0, 0.05) is 13.1 Å². The molecule has 1 fully saturated rings. The van der Waals surface area contributed by atoms with Gasteiger partial charge in [-0.1, -0.05) is 36.4 Å².